The summed E-state index contributed by atoms with van der Waals surface area (Å²) in [6.07, 6.45) is -0.709. The molecule has 4 N–H and O–H groups in total. The maximum Gasteiger partial charge on any atom is 0.318 e. The van der Waals surface area contributed by atoms with Crippen molar-refractivity contribution in [3.63, 3.8) is 0 Å². The molecule has 2 rings (SSSR count). The van der Waals surface area contributed by atoms with Gasteiger partial charge in [0.25, 0.3) is 0 Å². The molecular formula is C21H29N3O5S. The van der Waals surface area contributed by atoms with Crippen molar-refractivity contribution < 1.29 is 23.1 Å². The Kier molecular flexibility index (Phi) is 8.22. The number of aliphatic hydroxyl groups is 1. The summed E-state index contributed by atoms with van der Waals surface area (Å²) in [5.74, 6) is 0.690. The lowest BCUT2D eigenvalue weighted by molar-refractivity contribution is 0.127. The molecule has 0 fully saturated rings. The summed E-state index contributed by atoms with van der Waals surface area (Å²) in [6, 6.07) is 12.7. The zero-order chi connectivity index (χ0) is 22.3. The zero-order valence-electron chi connectivity index (χ0n) is 17.4. The highest BCUT2D eigenvalue weighted by Crippen LogP contribution is 2.21. The van der Waals surface area contributed by atoms with Gasteiger partial charge in [-0.15, -0.1) is 0 Å². The monoisotopic (exact) mass is 435 g/mol. The van der Waals surface area contributed by atoms with Crippen LogP contribution in [-0.2, 0) is 16.6 Å². The van der Waals surface area contributed by atoms with Gasteiger partial charge in [-0.2, -0.15) is 0 Å². The summed E-state index contributed by atoms with van der Waals surface area (Å²) in [5.41, 5.74) is 1.56. The molecule has 8 nitrogen and oxygen atoms in total. The Morgan fingerprint density at radius 3 is 2.37 bits per heavy atom. The molecule has 9 heteroatoms. The van der Waals surface area contributed by atoms with E-state index in [2.05, 4.69) is 5.32 Å². The number of benzene rings is 2. The lowest BCUT2D eigenvalue weighted by atomic mass is 10.1. The van der Waals surface area contributed by atoms with Crippen molar-refractivity contribution in [2.45, 2.75) is 44.4 Å². The summed E-state index contributed by atoms with van der Waals surface area (Å²) in [5, 5.41) is 17.9. The van der Waals surface area contributed by atoms with Gasteiger partial charge in [-0.05, 0) is 44.5 Å². The van der Waals surface area contributed by atoms with Crippen LogP contribution in [0.4, 0.5) is 4.79 Å². The average Bonchev–Trinajstić information content (AvgIpc) is 2.68. The summed E-state index contributed by atoms with van der Waals surface area (Å²) in [6.45, 7) is 6.21. The first-order valence-electron chi connectivity index (χ1n) is 9.68. The second-order valence-corrected chi connectivity index (χ2v) is 8.62. The zero-order valence-corrected chi connectivity index (χ0v) is 18.2. The van der Waals surface area contributed by atoms with Gasteiger partial charge in [0.15, 0.2) is 0 Å². The topological polar surface area (TPSA) is 122 Å². The van der Waals surface area contributed by atoms with Gasteiger partial charge in [0.05, 0.1) is 30.2 Å². The van der Waals surface area contributed by atoms with Crippen LogP contribution in [0.2, 0.25) is 0 Å². The predicted molar refractivity (Wildman–Crippen MR) is 114 cm³/mol. The smallest absolute Gasteiger partial charge is 0.318 e. The minimum atomic E-state index is -3.77. The number of amides is 2. The Morgan fingerprint density at radius 2 is 1.80 bits per heavy atom. The van der Waals surface area contributed by atoms with E-state index >= 15 is 0 Å². The molecule has 0 unspecified atom stereocenters. The number of aliphatic hydroxyl groups excluding tert-OH is 1. The summed E-state index contributed by atoms with van der Waals surface area (Å²) in [4.78, 5) is 14.4. The van der Waals surface area contributed by atoms with Crippen molar-refractivity contribution in [3.8, 4) is 5.75 Å². The largest absolute Gasteiger partial charge is 0.494 e. The SMILES string of the molecule is CCOc1ccccc1CN(C[C@H](C)O)C(=O)N[C@H](C)c1ccc(S(N)(=O)=O)cc1. The number of rotatable bonds is 9. The molecule has 0 bridgehead atoms. The first kappa shape index (κ1) is 23.7. The van der Waals surface area contributed by atoms with Crippen LogP contribution >= 0.6 is 0 Å². The van der Waals surface area contributed by atoms with Crippen LogP contribution in [0.5, 0.6) is 5.75 Å². The van der Waals surface area contributed by atoms with Crippen LogP contribution in [0.3, 0.4) is 0 Å². The third-order valence-corrected chi connectivity index (χ3v) is 5.38. The molecule has 2 aromatic carbocycles. The number of hydrogen-bond acceptors (Lipinski definition) is 5. The number of nitrogens with zero attached hydrogens (tertiary/aromatic N) is 1. The van der Waals surface area contributed by atoms with E-state index in [4.69, 9.17) is 9.88 Å². The molecule has 2 atom stereocenters. The molecule has 0 heterocycles. The van der Waals surface area contributed by atoms with Gasteiger partial charge in [0, 0.05) is 12.1 Å². The minimum Gasteiger partial charge on any atom is -0.494 e. The summed E-state index contributed by atoms with van der Waals surface area (Å²) in [7, 11) is -3.77. The highest BCUT2D eigenvalue weighted by Gasteiger charge is 2.20. The molecule has 0 saturated heterocycles. The Balaban J connectivity index is 2.15. The number of urea groups is 1. The second-order valence-electron chi connectivity index (χ2n) is 7.06. The van der Waals surface area contributed by atoms with Gasteiger partial charge in [-0.3, -0.25) is 0 Å². The standard InChI is InChI=1S/C21H29N3O5S/c1-4-29-20-8-6-5-7-18(20)14-24(13-15(2)25)21(26)23-16(3)17-9-11-19(12-10-17)30(22,27)28/h5-12,15-16,25H,4,13-14H2,1-3H3,(H,23,26)(H2,22,27,28)/t15-,16+/m0/s1. The first-order valence-corrected chi connectivity index (χ1v) is 11.2. The lowest BCUT2D eigenvalue weighted by Crippen LogP contribution is -2.43. The third-order valence-electron chi connectivity index (χ3n) is 4.45. The maximum absolute atomic E-state index is 12.9. The van der Waals surface area contributed by atoms with E-state index in [0.717, 1.165) is 11.1 Å². The van der Waals surface area contributed by atoms with E-state index in [1.165, 1.54) is 17.0 Å². The summed E-state index contributed by atoms with van der Waals surface area (Å²) >= 11 is 0. The number of ether oxygens (including phenoxy) is 1. The van der Waals surface area contributed by atoms with Crippen molar-refractivity contribution in [1.29, 1.82) is 0 Å². The predicted octanol–water partition coefficient (Wildman–Crippen LogP) is 2.39. The number of primary sulfonamides is 1. The molecular weight excluding hydrogens is 406 g/mol. The molecule has 2 aromatic rings. The van der Waals surface area contributed by atoms with Crippen LogP contribution in [0.15, 0.2) is 53.4 Å². The third kappa shape index (κ3) is 6.72. The molecule has 0 spiro atoms. The van der Waals surface area contributed by atoms with Crippen LogP contribution < -0.4 is 15.2 Å². The number of nitrogens with one attached hydrogen (secondary N) is 1. The maximum atomic E-state index is 12.9. The van der Waals surface area contributed by atoms with E-state index in [9.17, 15) is 18.3 Å². The van der Waals surface area contributed by atoms with Crippen molar-refractivity contribution in [2.75, 3.05) is 13.2 Å². The van der Waals surface area contributed by atoms with Crippen molar-refractivity contribution in [2.24, 2.45) is 5.14 Å². The van der Waals surface area contributed by atoms with Crippen molar-refractivity contribution in [3.05, 3.63) is 59.7 Å². The molecule has 0 radical (unpaired) electrons. The van der Waals surface area contributed by atoms with Crippen LogP contribution in [0.1, 0.15) is 37.9 Å². The Bertz CT molecular complexity index is 945. The number of para-hydroxylation sites is 1. The molecule has 0 aliphatic carbocycles. The quantitative estimate of drug-likeness (QED) is 0.558. The Morgan fingerprint density at radius 1 is 1.17 bits per heavy atom. The van der Waals surface area contributed by atoms with Crippen LogP contribution in [0, 0.1) is 0 Å². The average molecular weight is 436 g/mol. The highest BCUT2D eigenvalue weighted by molar-refractivity contribution is 7.89. The molecule has 30 heavy (non-hydrogen) atoms. The van der Waals surface area contributed by atoms with Gasteiger partial charge < -0.3 is 20.1 Å². The van der Waals surface area contributed by atoms with E-state index in [1.807, 2.05) is 31.2 Å². The summed E-state index contributed by atoms with van der Waals surface area (Å²) < 4.78 is 28.4. The molecule has 164 valence electrons. The number of hydrogen-bond donors (Lipinski definition) is 3. The fourth-order valence-corrected chi connectivity index (χ4v) is 3.50. The number of carbonyl (C=O) groups excluding carboxylic acids is 1. The molecule has 0 aliphatic rings. The van der Waals surface area contributed by atoms with E-state index in [-0.39, 0.29) is 30.1 Å². The highest BCUT2D eigenvalue weighted by atomic mass is 32.2. The molecule has 0 aliphatic heterocycles. The Labute approximate surface area is 177 Å². The first-order chi connectivity index (χ1) is 14.1. The van der Waals surface area contributed by atoms with Gasteiger partial charge in [0.1, 0.15) is 5.75 Å². The van der Waals surface area contributed by atoms with Crippen LogP contribution in [0.25, 0.3) is 0 Å². The van der Waals surface area contributed by atoms with Crippen molar-refractivity contribution >= 4 is 16.1 Å². The van der Waals surface area contributed by atoms with Crippen molar-refractivity contribution in [1.82, 2.24) is 10.2 Å². The molecule has 0 saturated carbocycles. The lowest BCUT2D eigenvalue weighted by Gasteiger charge is -2.27. The fraction of sp³-hybridized carbons (Fsp3) is 0.381. The Hall–Kier alpha value is -2.62. The van der Waals surface area contributed by atoms with Gasteiger partial charge in [0.2, 0.25) is 10.0 Å². The van der Waals surface area contributed by atoms with Gasteiger partial charge in [-0.1, -0.05) is 30.3 Å². The normalized spacial score (nSPS) is 13.4. The minimum absolute atomic E-state index is 0.00744. The number of nitrogens with two attached hydrogens (primary N) is 1. The number of carbonyl (C=O) groups is 1. The van der Waals surface area contributed by atoms with Gasteiger partial charge >= 0.3 is 6.03 Å². The molecule has 0 aromatic heterocycles. The van der Waals surface area contributed by atoms with Crippen LogP contribution in [-0.4, -0.2) is 43.7 Å². The van der Waals surface area contributed by atoms with E-state index in [1.54, 1.807) is 26.0 Å². The number of sulfonamides is 1. The van der Waals surface area contributed by atoms with E-state index in [0.29, 0.717) is 12.4 Å². The van der Waals surface area contributed by atoms with E-state index < -0.39 is 16.1 Å². The van der Waals surface area contributed by atoms with Gasteiger partial charge in [-0.25, -0.2) is 18.4 Å². The second kappa shape index (κ2) is 10.4. The fourth-order valence-electron chi connectivity index (χ4n) is 2.98. The molecule has 2 amide bonds.